The van der Waals surface area contributed by atoms with Crippen molar-refractivity contribution in [3.05, 3.63) is 23.3 Å². The summed E-state index contributed by atoms with van der Waals surface area (Å²) in [5.41, 5.74) is 2.01. The minimum atomic E-state index is 0.231. The maximum absolute atomic E-state index is 7.98. The van der Waals surface area contributed by atoms with E-state index in [1.165, 1.54) is 11.8 Å². The Kier molecular flexibility index (Phi) is 3.91. The van der Waals surface area contributed by atoms with Gasteiger partial charge >= 0.3 is 0 Å². The topological polar surface area (TPSA) is 66.2 Å². The molecule has 1 aromatic carbocycles. The highest BCUT2D eigenvalue weighted by atomic mass is 32.2. The summed E-state index contributed by atoms with van der Waals surface area (Å²) in [7, 11) is 1.60. The summed E-state index contributed by atoms with van der Waals surface area (Å²) in [5.74, 6) is 1.44. The van der Waals surface area contributed by atoms with Crippen LogP contribution < -0.4 is 9.47 Å². The zero-order chi connectivity index (χ0) is 13.1. The molecule has 5 heteroatoms. The molecule has 2 rings (SSSR count). The Morgan fingerprint density at radius 1 is 1.39 bits per heavy atom. The van der Waals surface area contributed by atoms with Crippen LogP contribution in [0.4, 0.5) is 0 Å². The third kappa shape index (κ3) is 2.36. The lowest BCUT2D eigenvalue weighted by Crippen LogP contribution is -2.14. The quantitative estimate of drug-likeness (QED) is 0.651. The first kappa shape index (κ1) is 13.0. The van der Waals surface area contributed by atoms with Gasteiger partial charge in [-0.1, -0.05) is 0 Å². The van der Waals surface area contributed by atoms with Crippen LogP contribution in [0.1, 0.15) is 17.5 Å². The van der Waals surface area contributed by atoms with Gasteiger partial charge in [0.05, 0.1) is 19.4 Å². The van der Waals surface area contributed by atoms with Crippen LogP contribution in [0, 0.1) is 10.8 Å². The Bertz CT molecular complexity index is 483. The largest absolute Gasteiger partial charge is 0.493 e. The van der Waals surface area contributed by atoms with Gasteiger partial charge in [-0.15, -0.1) is 11.8 Å². The highest BCUT2D eigenvalue weighted by Crippen LogP contribution is 2.36. The summed E-state index contributed by atoms with van der Waals surface area (Å²) < 4.78 is 10.9. The summed E-state index contributed by atoms with van der Waals surface area (Å²) >= 11 is 1.27. The summed E-state index contributed by atoms with van der Waals surface area (Å²) in [6.45, 7) is 0.709. The number of fused-ring (bicyclic) bond motifs is 1. The van der Waals surface area contributed by atoms with Crippen LogP contribution in [0.3, 0.4) is 0 Å². The third-order valence-electron chi connectivity index (χ3n) is 2.91. The summed E-state index contributed by atoms with van der Waals surface area (Å²) in [5, 5.41) is 16.0. The number of rotatable bonds is 3. The highest BCUT2D eigenvalue weighted by Gasteiger charge is 2.19. The second kappa shape index (κ2) is 5.44. The van der Waals surface area contributed by atoms with Crippen LogP contribution in [-0.4, -0.2) is 30.7 Å². The monoisotopic (exact) mass is 264 g/mol. The smallest absolute Gasteiger partial charge is 0.164 e. The molecule has 96 valence electrons. The van der Waals surface area contributed by atoms with E-state index in [0.29, 0.717) is 12.4 Å². The first-order valence-corrected chi connectivity index (χ1v) is 6.95. The Morgan fingerprint density at radius 3 is 2.83 bits per heavy atom. The van der Waals surface area contributed by atoms with Crippen molar-refractivity contribution in [3.63, 3.8) is 0 Å². The van der Waals surface area contributed by atoms with Gasteiger partial charge in [0.15, 0.2) is 11.5 Å². The predicted octanol–water partition coefficient (Wildman–Crippen LogP) is 2.73. The van der Waals surface area contributed by atoms with E-state index in [2.05, 4.69) is 0 Å². The molecule has 0 radical (unpaired) electrons. The van der Waals surface area contributed by atoms with E-state index in [-0.39, 0.29) is 10.8 Å². The number of aryl methyl sites for hydroxylation is 1. The van der Waals surface area contributed by atoms with E-state index in [9.17, 15) is 0 Å². The molecular formula is C13H16N2O2S. The standard InChI is InChI=1S/C13H16N2O2S/c1-16-10-7-9(11(14)13(15)18-2)6-8-4-3-5-17-12(8)10/h6-7,14-15H,3-5H2,1-2H3. The predicted molar refractivity (Wildman–Crippen MR) is 74.9 cm³/mol. The van der Waals surface area contributed by atoms with Crippen LogP contribution >= 0.6 is 11.8 Å². The number of methoxy groups -OCH3 is 1. The molecule has 1 aliphatic heterocycles. The van der Waals surface area contributed by atoms with Crippen LogP contribution in [0.25, 0.3) is 0 Å². The molecule has 1 aromatic rings. The first-order chi connectivity index (χ1) is 8.67. The van der Waals surface area contributed by atoms with Crippen LogP contribution in [0.5, 0.6) is 11.5 Å². The van der Waals surface area contributed by atoms with Crippen LogP contribution in [0.2, 0.25) is 0 Å². The maximum Gasteiger partial charge on any atom is 0.164 e. The molecule has 1 heterocycles. The molecule has 1 aliphatic rings. The van der Waals surface area contributed by atoms with Crippen molar-refractivity contribution >= 4 is 22.5 Å². The number of hydrogen-bond acceptors (Lipinski definition) is 5. The second-order valence-corrected chi connectivity index (χ2v) is 4.84. The Hall–Kier alpha value is -1.49. The zero-order valence-electron chi connectivity index (χ0n) is 10.5. The summed E-state index contributed by atoms with van der Waals surface area (Å²) in [4.78, 5) is 0. The van der Waals surface area contributed by atoms with Crippen molar-refractivity contribution < 1.29 is 9.47 Å². The molecule has 0 saturated carbocycles. The lowest BCUT2D eigenvalue weighted by molar-refractivity contribution is 0.269. The lowest BCUT2D eigenvalue weighted by Gasteiger charge is -2.21. The molecule has 18 heavy (non-hydrogen) atoms. The molecule has 0 aromatic heterocycles. The molecule has 0 spiro atoms. The molecular weight excluding hydrogens is 248 g/mol. The lowest BCUT2D eigenvalue weighted by atomic mass is 10.0. The van der Waals surface area contributed by atoms with Crippen molar-refractivity contribution in [3.8, 4) is 11.5 Å². The van der Waals surface area contributed by atoms with Crippen molar-refractivity contribution in [1.82, 2.24) is 0 Å². The molecule has 0 atom stereocenters. The summed E-state index contributed by atoms with van der Waals surface area (Å²) in [6.07, 6.45) is 3.71. The van der Waals surface area contributed by atoms with Gasteiger partial charge in [-0.3, -0.25) is 10.8 Å². The molecule has 0 unspecified atom stereocenters. The number of benzene rings is 1. The molecule has 0 fully saturated rings. The Morgan fingerprint density at radius 2 is 2.17 bits per heavy atom. The fraction of sp³-hybridized carbons (Fsp3) is 0.385. The Balaban J connectivity index is 2.44. The van der Waals surface area contributed by atoms with E-state index < -0.39 is 0 Å². The van der Waals surface area contributed by atoms with Gasteiger partial charge in [-0.05, 0) is 36.8 Å². The fourth-order valence-electron chi connectivity index (χ4n) is 1.98. The minimum absolute atomic E-state index is 0.231. The van der Waals surface area contributed by atoms with Gasteiger partial charge in [-0.2, -0.15) is 0 Å². The second-order valence-electron chi connectivity index (χ2n) is 4.03. The van der Waals surface area contributed by atoms with Gasteiger partial charge in [-0.25, -0.2) is 0 Å². The van der Waals surface area contributed by atoms with E-state index in [0.717, 1.165) is 29.7 Å². The fourth-order valence-corrected chi connectivity index (χ4v) is 2.30. The molecule has 2 N–H and O–H groups in total. The number of hydrogen-bond donors (Lipinski definition) is 2. The third-order valence-corrected chi connectivity index (χ3v) is 3.52. The van der Waals surface area contributed by atoms with E-state index in [4.69, 9.17) is 20.3 Å². The van der Waals surface area contributed by atoms with E-state index in [1.807, 2.05) is 6.07 Å². The normalized spacial score (nSPS) is 13.4. The van der Waals surface area contributed by atoms with E-state index in [1.54, 1.807) is 19.4 Å². The molecule has 0 aliphatic carbocycles. The maximum atomic E-state index is 7.98. The van der Waals surface area contributed by atoms with Crippen molar-refractivity contribution in [2.45, 2.75) is 12.8 Å². The van der Waals surface area contributed by atoms with Crippen molar-refractivity contribution in [2.75, 3.05) is 20.0 Å². The summed E-state index contributed by atoms with van der Waals surface area (Å²) in [6, 6.07) is 3.71. The average molecular weight is 264 g/mol. The number of thioether (sulfide) groups is 1. The molecule has 0 saturated heterocycles. The molecule has 0 amide bonds. The van der Waals surface area contributed by atoms with Crippen molar-refractivity contribution in [1.29, 1.82) is 10.8 Å². The Labute approximate surface area is 111 Å². The number of ether oxygens (including phenoxy) is 2. The van der Waals surface area contributed by atoms with Gasteiger partial charge in [0, 0.05) is 5.56 Å². The number of nitrogens with one attached hydrogen (secondary N) is 2. The molecule has 0 bridgehead atoms. The van der Waals surface area contributed by atoms with Gasteiger partial charge < -0.3 is 9.47 Å². The van der Waals surface area contributed by atoms with Gasteiger partial charge in [0.2, 0.25) is 0 Å². The van der Waals surface area contributed by atoms with E-state index >= 15 is 0 Å². The zero-order valence-corrected chi connectivity index (χ0v) is 11.3. The van der Waals surface area contributed by atoms with Crippen LogP contribution in [-0.2, 0) is 6.42 Å². The van der Waals surface area contributed by atoms with Gasteiger partial charge in [0.25, 0.3) is 0 Å². The average Bonchev–Trinajstić information content (AvgIpc) is 2.44. The first-order valence-electron chi connectivity index (χ1n) is 5.73. The minimum Gasteiger partial charge on any atom is -0.493 e. The van der Waals surface area contributed by atoms with Gasteiger partial charge in [0.1, 0.15) is 5.04 Å². The SMILES string of the molecule is COc1cc(C(=N)C(=N)SC)cc2c1OCCC2. The highest BCUT2D eigenvalue weighted by molar-refractivity contribution is 8.15. The van der Waals surface area contributed by atoms with Crippen molar-refractivity contribution in [2.24, 2.45) is 0 Å². The molecule has 4 nitrogen and oxygen atoms in total. The van der Waals surface area contributed by atoms with Crippen LogP contribution in [0.15, 0.2) is 12.1 Å².